The molecule has 8 heteroatoms. The van der Waals surface area contributed by atoms with Gasteiger partial charge in [0.1, 0.15) is 6.61 Å². The van der Waals surface area contributed by atoms with Crippen LogP contribution in [0.5, 0.6) is 0 Å². The molecule has 2 aromatic carbocycles. The first-order chi connectivity index (χ1) is 18.5. The Kier molecular flexibility index (Phi) is 12.5. The van der Waals surface area contributed by atoms with E-state index in [1.165, 1.54) is 0 Å². The molecule has 3 rings (SSSR count). The third-order valence-electron chi connectivity index (χ3n) is 6.27. The van der Waals surface area contributed by atoms with E-state index in [-0.39, 0.29) is 44.0 Å². The molecule has 0 fully saturated rings. The van der Waals surface area contributed by atoms with E-state index in [2.05, 4.69) is 10.6 Å². The number of allylic oxidation sites excluding steroid dienone is 2. The summed E-state index contributed by atoms with van der Waals surface area (Å²) in [5.41, 5.74) is 2.00. The second-order valence-corrected chi connectivity index (χ2v) is 9.53. The van der Waals surface area contributed by atoms with Gasteiger partial charge in [0.25, 0.3) is 0 Å². The fourth-order valence-electron chi connectivity index (χ4n) is 4.21. The minimum absolute atomic E-state index is 0.00459. The van der Waals surface area contributed by atoms with E-state index >= 15 is 0 Å². The first kappa shape index (κ1) is 29.1. The maximum absolute atomic E-state index is 13.3. The number of ether oxygens (including phenoxy) is 2. The summed E-state index contributed by atoms with van der Waals surface area (Å²) in [6.07, 6.45) is 6.28. The van der Waals surface area contributed by atoms with Crippen molar-refractivity contribution in [1.82, 2.24) is 10.6 Å². The Labute approximate surface area is 224 Å². The van der Waals surface area contributed by atoms with Crippen molar-refractivity contribution < 1.29 is 29.0 Å². The first-order valence-electron chi connectivity index (χ1n) is 13.2. The molecular weight excluding hydrogens is 484 g/mol. The van der Waals surface area contributed by atoms with Crippen molar-refractivity contribution in [2.75, 3.05) is 19.8 Å². The van der Waals surface area contributed by atoms with Gasteiger partial charge in [0.05, 0.1) is 37.8 Å². The van der Waals surface area contributed by atoms with Crippen molar-refractivity contribution in [3.05, 3.63) is 83.9 Å². The molecule has 38 heavy (non-hydrogen) atoms. The molecule has 3 atom stereocenters. The van der Waals surface area contributed by atoms with Gasteiger partial charge in [0, 0.05) is 12.8 Å². The van der Waals surface area contributed by atoms with Gasteiger partial charge in [0.15, 0.2) is 0 Å². The molecule has 1 heterocycles. The highest BCUT2D eigenvalue weighted by Crippen LogP contribution is 2.14. The Morgan fingerprint density at radius 3 is 2.47 bits per heavy atom. The summed E-state index contributed by atoms with van der Waals surface area (Å²) in [6.45, 7) is 0.311. The molecule has 2 aromatic rings. The zero-order valence-corrected chi connectivity index (χ0v) is 21.7. The van der Waals surface area contributed by atoms with E-state index in [9.17, 15) is 19.5 Å². The number of carbonyl (C=O) groups excluding carboxylic acids is 3. The number of aliphatic hydroxyl groups is 1. The molecule has 0 radical (unpaired) electrons. The summed E-state index contributed by atoms with van der Waals surface area (Å²) in [6, 6.07) is 18.3. The third-order valence-corrected chi connectivity index (χ3v) is 6.27. The Bertz CT molecular complexity index is 1030. The number of aliphatic hydroxyl groups excluding tert-OH is 1. The minimum Gasteiger partial charge on any atom is -0.463 e. The van der Waals surface area contributed by atoms with Crippen molar-refractivity contribution in [3.8, 4) is 0 Å². The maximum Gasteiger partial charge on any atom is 0.305 e. The second-order valence-electron chi connectivity index (χ2n) is 9.53. The van der Waals surface area contributed by atoms with Crippen LogP contribution in [0.3, 0.4) is 0 Å². The van der Waals surface area contributed by atoms with Gasteiger partial charge in [-0.1, -0.05) is 72.8 Å². The number of amides is 2. The molecule has 8 nitrogen and oxygen atoms in total. The number of benzene rings is 2. The number of cyclic esters (lactones) is 1. The molecule has 0 saturated carbocycles. The van der Waals surface area contributed by atoms with Crippen molar-refractivity contribution >= 4 is 17.8 Å². The van der Waals surface area contributed by atoms with Crippen molar-refractivity contribution in [2.45, 2.75) is 57.2 Å². The summed E-state index contributed by atoms with van der Waals surface area (Å²) in [5, 5.41) is 15.6. The lowest BCUT2D eigenvalue weighted by atomic mass is 9.98. The fraction of sp³-hybridized carbons (Fsp3) is 0.433. The van der Waals surface area contributed by atoms with Crippen molar-refractivity contribution in [3.63, 3.8) is 0 Å². The standard InChI is InChI=1S/C30H38N2O6/c33-19-26(17-23-11-5-3-6-12-23)31-28(34)18-25-15-9-1-2-10-16-29(35)38-22-27(32-30(25)36)21-37-20-24-13-7-4-8-14-24/h1,3-9,11-14,25-27,33H,2,10,15-22H2,(H,31,34)(H,32,36)/t25-,26-,27+/m1/s1. The zero-order chi connectivity index (χ0) is 27.0. The van der Waals surface area contributed by atoms with Gasteiger partial charge < -0.3 is 25.2 Å². The second kappa shape index (κ2) is 16.4. The van der Waals surface area contributed by atoms with Crippen LogP contribution in [0.1, 0.15) is 43.2 Å². The number of esters is 1. The minimum atomic E-state index is -0.615. The highest BCUT2D eigenvalue weighted by molar-refractivity contribution is 5.86. The average molecular weight is 523 g/mol. The van der Waals surface area contributed by atoms with Crippen LogP contribution in [0.15, 0.2) is 72.8 Å². The number of rotatable bonds is 10. The maximum atomic E-state index is 13.3. The van der Waals surface area contributed by atoms with Crippen molar-refractivity contribution in [1.29, 1.82) is 0 Å². The predicted molar refractivity (Wildman–Crippen MR) is 144 cm³/mol. The van der Waals surface area contributed by atoms with Gasteiger partial charge >= 0.3 is 5.97 Å². The van der Waals surface area contributed by atoms with Crippen LogP contribution in [0.4, 0.5) is 0 Å². The number of hydrogen-bond donors (Lipinski definition) is 3. The van der Waals surface area contributed by atoms with Crippen LogP contribution in [0.25, 0.3) is 0 Å². The largest absolute Gasteiger partial charge is 0.463 e. The van der Waals surface area contributed by atoms with Gasteiger partial charge in [-0.3, -0.25) is 14.4 Å². The van der Waals surface area contributed by atoms with Gasteiger partial charge in [-0.15, -0.1) is 0 Å². The van der Waals surface area contributed by atoms with E-state index in [0.717, 1.165) is 11.1 Å². The predicted octanol–water partition coefficient (Wildman–Crippen LogP) is 3.09. The van der Waals surface area contributed by atoms with E-state index in [0.29, 0.717) is 38.7 Å². The quantitative estimate of drug-likeness (QED) is 0.326. The Morgan fingerprint density at radius 2 is 1.76 bits per heavy atom. The lowest BCUT2D eigenvalue weighted by Crippen LogP contribution is -2.46. The highest BCUT2D eigenvalue weighted by Gasteiger charge is 2.25. The molecule has 2 amide bonds. The SMILES string of the molecule is O=C(C[C@H]1CC=CCCCC(=O)OC[C@H](COCc2ccccc2)NC1=O)N[C@@H](CO)Cc1ccccc1. The molecule has 3 N–H and O–H groups in total. The molecule has 0 saturated heterocycles. The molecule has 0 aromatic heterocycles. The fourth-order valence-corrected chi connectivity index (χ4v) is 4.21. The van der Waals surface area contributed by atoms with Crippen LogP contribution in [0, 0.1) is 5.92 Å². The Balaban J connectivity index is 1.61. The van der Waals surface area contributed by atoms with E-state index in [1.54, 1.807) is 0 Å². The van der Waals surface area contributed by atoms with Gasteiger partial charge in [-0.2, -0.15) is 0 Å². The molecule has 0 unspecified atom stereocenters. The highest BCUT2D eigenvalue weighted by atomic mass is 16.5. The lowest BCUT2D eigenvalue weighted by Gasteiger charge is -2.23. The summed E-state index contributed by atoms with van der Waals surface area (Å²) >= 11 is 0. The normalized spacial score (nSPS) is 19.7. The van der Waals surface area contributed by atoms with Gasteiger partial charge in [-0.25, -0.2) is 0 Å². The average Bonchev–Trinajstić information content (AvgIpc) is 2.94. The van der Waals surface area contributed by atoms with Crippen LogP contribution < -0.4 is 10.6 Å². The Morgan fingerprint density at radius 1 is 1.05 bits per heavy atom. The summed E-state index contributed by atoms with van der Waals surface area (Å²) in [5.74, 6) is -1.54. The first-order valence-corrected chi connectivity index (χ1v) is 13.2. The lowest BCUT2D eigenvalue weighted by molar-refractivity contribution is -0.146. The van der Waals surface area contributed by atoms with Gasteiger partial charge in [-0.05, 0) is 36.8 Å². The Hall–Kier alpha value is -3.49. The van der Waals surface area contributed by atoms with Crippen LogP contribution in [-0.4, -0.2) is 54.8 Å². The van der Waals surface area contributed by atoms with E-state index in [4.69, 9.17) is 9.47 Å². The van der Waals surface area contributed by atoms with Crippen molar-refractivity contribution in [2.24, 2.45) is 5.92 Å². The molecule has 0 spiro atoms. The molecular formula is C30H38N2O6. The summed E-state index contributed by atoms with van der Waals surface area (Å²) in [4.78, 5) is 38.2. The number of hydrogen-bond acceptors (Lipinski definition) is 6. The van der Waals surface area contributed by atoms with E-state index < -0.39 is 18.0 Å². The third kappa shape index (κ3) is 10.9. The number of nitrogens with one attached hydrogen (secondary N) is 2. The monoisotopic (exact) mass is 522 g/mol. The zero-order valence-electron chi connectivity index (χ0n) is 21.7. The molecule has 204 valence electrons. The van der Waals surface area contributed by atoms with Crippen LogP contribution >= 0.6 is 0 Å². The smallest absolute Gasteiger partial charge is 0.305 e. The molecule has 1 aliphatic heterocycles. The summed E-state index contributed by atoms with van der Waals surface area (Å²) < 4.78 is 11.2. The summed E-state index contributed by atoms with van der Waals surface area (Å²) in [7, 11) is 0. The molecule has 0 aliphatic carbocycles. The van der Waals surface area contributed by atoms with Gasteiger partial charge in [0.2, 0.25) is 11.8 Å². The van der Waals surface area contributed by atoms with Crippen LogP contribution in [-0.2, 0) is 36.9 Å². The van der Waals surface area contributed by atoms with Crippen LogP contribution in [0.2, 0.25) is 0 Å². The topological polar surface area (TPSA) is 114 Å². The molecule has 0 bridgehead atoms. The number of carbonyl (C=O) groups is 3. The van der Waals surface area contributed by atoms with E-state index in [1.807, 2.05) is 72.8 Å². The molecule has 1 aliphatic rings.